The smallest absolute Gasteiger partial charge is 0.255 e. The van der Waals surface area contributed by atoms with E-state index in [-0.39, 0.29) is 24.9 Å². The summed E-state index contributed by atoms with van der Waals surface area (Å²) in [6, 6.07) is 10.9. The highest BCUT2D eigenvalue weighted by Gasteiger charge is 2.31. The molecule has 1 aliphatic rings. The molecule has 0 fully saturated rings. The molecule has 2 heterocycles. The fourth-order valence-electron chi connectivity index (χ4n) is 3.69. The summed E-state index contributed by atoms with van der Waals surface area (Å²) < 4.78 is 12.5. The number of benzene rings is 2. The summed E-state index contributed by atoms with van der Waals surface area (Å²) in [5.41, 5.74) is 8.55. The van der Waals surface area contributed by atoms with E-state index in [0.29, 0.717) is 22.3 Å². The number of aromatic nitrogens is 2. The van der Waals surface area contributed by atoms with E-state index in [2.05, 4.69) is 10.4 Å². The van der Waals surface area contributed by atoms with Crippen LogP contribution in [-0.4, -0.2) is 35.3 Å². The van der Waals surface area contributed by atoms with Crippen LogP contribution in [0, 0.1) is 6.92 Å². The van der Waals surface area contributed by atoms with Gasteiger partial charge >= 0.3 is 0 Å². The van der Waals surface area contributed by atoms with Gasteiger partial charge in [0.1, 0.15) is 5.82 Å². The molecule has 3 N–H and O–H groups in total. The van der Waals surface area contributed by atoms with Gasteiger partial charge in [-0.15, -0.1) is 0 Å². The maximum absolute atomic E-state index is 12.6. The predicted octanol–water partition coefficient (Wildman–Crippen LogP) is 3.18. The molecular weight excluding hydrogens is 420 g/mol. The first-order valence-electron chi connectivity index (χ1n) is 9.61. The first-order chi connectivity index (χ1) is 14.9. The molecule has 160 valence electrons. The number of hydrogen-bond acceptors (Lipinski definition) is 5. The van der Waals surface area contributed by atoms with Crippen LogP contribution in [0.1, 0.15) is 29.0 Å². The van der Waals surface area contributed by atoms with Crippen LogP contribution in [-0.2, 0) is 9.59 Å². The number of hydrogen-bond donors (Lipinski definition) is 2. The van der Waals surface area contributed by atoms with Crippen molar-refractivity contribution >= 4 is 29.2 Å². The first kappa shape index (κ1) is 20.7. The third-order valence-electron chi connectivity index (χ3n) is 5.25. The predicted molar refractivity (Wildman–Crippen MR) is 116 cm³/mol. The van der Waals surface area contributed by atoms with E-state index < -0.39 is 5.91 Å². The van der Waals surface area contributed by atoms with Crippen LogP contribution in [0.5, 0.6) is 11.5 Å². The third-order valence-corrected chi connectivity index (χ3v) is 5.66. The minimum Gasteiger partial charge on any atom is -0.493 e. The quantitative estimate of drug-likeness (QED) is 0.612. The molecule has 1 atom stereocenters. The van der Waals surface area contributed by atoms with Crippen molar-refractivity contribution in [2.24, 2.45) is 5.73 Å². The molecule has 0 saturated carbocycles. The summed E-state index contributed by atoms with van der Waals surface area (Å²) >= 11 is 6.28. The monoisotopic (exact) mass is 440 g/mol. The SMILES string of the molecule is COc1cc([C@@H]2CC(=O)Nc3c2cnn3-c2cccc(Cl)c2C)ccc1OCC(N)=O. The Labute approximate surface area is 183 Å². The molecule has 0 saturated heterocycles. The highest BCUT2D eigenvalue weighted by atomic mass is 35.5. The minimum absolute atomic E-state index is 0.119. The molecule has 1 aliphatic heterocycles. The summed E-state index contributed by atoms with van der Waals surface area (Å²) in [7, 11) is 1.51. The highest BCUT2D eigenvalue weighted by Crippen LogP contribution is 2.41. The van der Waals surface area contributed by atoms with Gasteiger partial charge in [-0.1, -0.05) is 23.7 Å². The van der Waals surface area contributed by atoms with Crippen molar-refractivity contribution in [2.45, 2.75) is 19.3 Å². The molecule has 2 amide bonds. The van der Waals surface area contributed by atoms with E-state index in [9.17, 15) is 9.59 Å². The number of halogens is 1. The Kier molecular flexibility index (Phi) is 5.56. The molecule has 31 heavy (non-hydrogen) atoms. The van der Waals surface area contributed by atoms with Gasteiger partial charge in [0, 0.05) is 22.9 Å². The molecule has 2 aromatic carbocycles. The Bertz CT molecular complexity index is 1170. The number of methoxy groups -OCH3 is 1. The summed E-state index contributed by atoms with van der Waals surface area (Å²) in [6.07, 6.45) is 2.02. The van der Waals surface area contributed by atoms with Crippen LogP contribution in [0.15, 0.2) is 42.6 Å². The molecule has 8 nitrogen and oxygen atoms in total. The van der Waals surface area contributed by atoms with Gasteiger partial charge in [-0.3, -0.25) is 9.59 Å². The minimum atomic E-state index is -0.580. The maximum Gasteiger partial charge on any atom is 0.255 e. The number of nitrogens with two attached hydrogens (primary N) is 1. The summed E-state index contributed by atoms with van der Waals surface area (Å²) in [5.74, 6) is 0.534. The zero-order valence-corrected chi connectivity index (χ0v) is 17.8. The average molecular weight is 441 g/mol. The largest absolute Gasteiger partial charge is 0.493 e. The molecular formula is C22H21ClN4O4. The van der Waals surface area contributed by atoms with Crippen LogP contribution in [0.4, 0.5) is 5.82 Å². The van der Waals surface area contributed by atoms with Crippen LogP contribution in [0.3, 0.4) is 0 Å². The number of nitrogens with one attached hydrogen (secondary N) is 1. The van der Waals surface area contributed by atoms with E-state index in [1.54, 1.807) is 23.0 Å². The number of primary amides is 1. The lowest BCUT2D eigenvalue weighted by Gasteiger charge is -2.24. The average Bonchev–Trinajstić information content (AvgIpc) is 3.17. The topological polar surface area (TPSA) is 108 Å². The molecule has 0 radical (unpaired) electrons. The Hall–Kier alpha value is -3.52. The number of rotatable bonds is 6. The van der Waals surface area contributed by atoms with E-state index in [4.69, 9.17) is 26.8 Å². The number of fused-ring (bicyclic) bond motifs is 1. The Morgan fingerprint density at radius 2 is 2.13 bits per heavy atom. The number of nitrogens with zero attached hydrogens (tertiary/aromatic N) is 2. The lowest BCUT2D eigenvalue weighted by molar-refractivity contribution is -0.120. The molecule has 3 aromatic rings. The molecule has 9 heteroatoms. The van der Waals surface area contributed by atoms with Gasteiger partial charge in [0.2, 0.25) is 5.91 Å². The second-order valence-electron chi connectivity index (χ2n) is 7.21. The number of amides is 2. The van der Waals surface area contributed by atoms with Gasteiger partial charge in [-0.2, -0.15) is 5.10 Å². The number of anilines is 1. The van der Waals surface area contributed by atoms with Crippen molar-refractivity contribution in [2.75, 3.05) is 19.0 Å². The van der Waals surface area contributed by atoms with Gasteiger partial charge in [-0.25, -0.2) is 4.68 Å². The fourth-order valence-corrected chi connectivity index (χ4v) is 3.86. The van der Waals surface area contributed by atoms with Crippen LogP contribution < -0.4 is 20.5 Å². The van der Waals surface area contributed by atoms with Crippen molar-refractivity contribution in [3.05, 3.63) is 64.3 Å². The zero-order valence-electron chi connectivity index (χ0n) is 17.0. The van der Waals surface area contributed by atoms with E-state index >= 15 is 0 Å². The van der Waals surface area contributed by atoms with Crippen molar-refractivity contribution in [3.8, 4) is 17.2 Å². The van der Waals surface area contributed by atoms with E-state index in [1.807, 2.05) is 31.2 Å². The Morgan fingerprint density at radius 3 is 2.87 bits per heavy atom. The van der Waals surface area contributed by atoms with Gasteiger partial charge in [0.25, 0.3) is 5.91 Å². The van der Waals surface area contributed by atoms with Crippen molar-refractivity contribution in [3.63, 3.8) is 0 Å². The Morgan fingerprint density at radius 1 is 1.32 bits per heavy atom. The Balaban J connectivity index is 1.74. The molecule has 4 rings (SSSR count). The molecule has 0 aliphatic carbocycles. The summed E-state index contributed by atoms with van der Waals surface area (Å²) in [4.78, 5) is 23.6. The molecule has 1 aromatic heterocycles. The third kappa shape index (κ3) is 3.94. The van der Waals surface area contributed by atoms with Crippen LogP contribution >= 0.6 is 11.6 Å². The summed E-state index contributed by atoms with van der Waals surface area (Å²) in [5, 5.41) is 8.08. The van der Waals surface area contributed by atoms with Gasteiger partial charge < -0.3 is 20.5 Å². The van der Waals surface area contributed by atoms with E-state index in [0.717, 1.165) is 22.4 Å². The van der Waals surface area contributed by atoms with Crippen LogP contribution in [0.2, 0.25) is 5.02 Å². The highest BCUT2D eigenvalue weighted by molar-refractivity contribution is 6.31. The zero-order chi connectivity index (χ0) is 22.1. The lowest BCUT2D eigenvalue weighted by Crippen LogP contribution is -2.24. The molecule has 0 spiro atoms. The second-order valence-corrected chi connectivity index (χ2v) is 7.62. The van der Waals surface area contributed by atoms with E-state index in [1.165, 1.54) is 7.11 Å². The van der Waals surface area contributed by atoms with Gasteiger partial charge in [0.15, 0.2) is 18.1 Å². The molecule has 0 bridgehead atoms. The first-order valence-corrected chi connectivity index (χ1v) is 9.99. The van der Waals surface area contributed by atoms with Gasteiger partial charge in [-0.05, 0) is 42.3 Å². The van der Waals surface area contributed by atoms with Crippen molar-refractivity contribution < 1.29 is 19.1 Å². The van der Waals surface area contributed by atoms with Crippen molar-refractivity contribution in [1.29, 1.82) is 0 Å². The van der Waals surface area contributed by atoms with Gasteiger partial charge in [0.05, 0.1) is 19.0 Å². The standard InChI is InChI=1S/C22H21ClN4O4/c1-12-16(23)4-3-5-17(12)27-22-15(10-25-27)14(9-21(29)26-22)13-6-7-18(19(8-13)30-2)31-11-20(24)28/h3-8,10,14H,9,11H2,1-2H3,(H2,24,28)(H,26,29)/t14-/m0/s1. The second kappa shape index (κ2) is 8.31. The number of carbonyl (C=O) groups is 2. The molecule has 0 unspecified atom stereocenters. The van der Waals surface area contributed by atoms with Crippen LogP contribution in [0.25, 0.3) is 5.69 Å². The van der Waals surface area contributed by atoms with Crippen molar-refractivity contribution in [1.82, 2.24) is 9.78 Å². The summed E-state index contributed by atoms with van der Waals surface area (Å²) in [6.45, 7) is 1.65. The number of carbonyl (C=O) groups excluding carboxylic acids is 2. The normalized spacial score (nSPS) is 15.2. The maximum atomic E-state index is 12.6. The lowest BCUT2D eigenvalue weighted by atomic mass is 9.87. The number of ether oxygens (including phenoxy) is 2. The fraction of sp³-hybridized carbons (Fsp3) is 0.227.